The normalized spacial score (nSPS) is 13.6. The van der Waals surface area contributed by atoms with Gasteiger partial charge in [-0.2, -0.15) is 0 Å². The van der Waals surface area contributed by atoms with Crippen LogP contribution in [0.15, 0.2) is 68.6 Å². The van der Waals surface area contributed by atoms with Gasteiger partial charge >= 0.3 is 0 Å². The van der Waals surface area contributed by atoms with E-state index < -0.39 is 0 Å². The van der Waals surface area contributed by atoms with Gasteiger partial charge < -0.3 is 8.98 Å². The lowest BCUT2D eigenvalue weighted by molar-refractivity contribution is 0.466. The topological polar surface area (TPSA) is 69.6 Å². The summed E-state index contributed by atoms with van der Waals surface area (Å²) in [5, 5.41) is 18.2. The third kappa shape index (κ3) is 4.49. The number of benzene rings is 2. The van der Waals surface area contributed by atoms with E-state index in [1.54, 1.807) is 11.8 Å². The third-order valence-corrected chi connectivity index (χ3v) is 6.50. The summed E-state index contributed by atoms with van der Waals surface area (Å²) in [6.07, 6.45) is 3.21. The first-order valence-electron chi connectivity index (χ1n) is 9.94. The molecule has 1 aliphatic carbocycles. The van der Waals surface area contributed by atoms with Gasteiger partial charge in [0.15, 0.2) is 11.0 Å². The van der Waals surface area contributed by atoms with Gasteiger partial charge in [-0.3, -0.25) is 0 Å². The van der Waals surface area contributed by atoms with E-state index in [-0.39, 0.29) is 0 Å². The van der Waals surface area contributed by atoms with E-state index in [9.17, 15) is 0 Å². The van der Waals surface area contributed by atoms with Gasteiger partial charge in [-0.15, -0.1) is 20.4 Å². The summed E-state index contributed by atoms with van der Waals surface area (Å²) in [5.74, 6) is 3.33. The number of nitrogens with zero attached hydrogens (tertiary/aromatic N) is 5. The SMILES string of the molecule is Brc1ccc(-c2nnc(SCc3nnc(C4CC4)o3)n2CCc2ccccc2)cc1. The maximum absolute atomic E-state index is 5.80. The second kappa shape index (κ2) is 8.73. The monoisotopic (exact) mass is 481 g/mol. The minimum atomic E-state index is 0.467. The zero-order valence-electron chi connectivity index (χ0n) is 16.2. The number of aryl methyl sites for hydroxylation is 1. The fourth-order valence-electron chi connectivity index (χ4n) is 3.24. The predicted octanol–water partition coefficient (Wildman–Crippen LogP) is 5.50. The van der Waals surface area contributed by atoms with E-state index in [0.717, 1.165) is 52.7 Å². The Kier molecular flexibility index (Phi) is 5.68. The first kappa shape index (κ1) is 19.5. The van der Waals surface area contributed by atoms with E-state index in [2.05, 4.69) is 77.3 Å². The van der Waals surface area contributed by atoms with Gasteiger partial charge in [0.05, 0.1) is 5.75 Å². The summed E-state index contributed by atoms with van der Waals surface area (Å²) >= 11 is 5.08. The molecule has 30 heavy (non-hydrogen) atoms. The van der Waals surface area contributed by atoms with Crippen molar-refractivity contribution in [3.05, 3.63) is 76.4 Å². The van der Waals surface area contributed by atoms with Crippen LogP contribution in [0.3, 0.4) is 0 Å². The molecule has 6 nitrogen and oxygen atoms in total. The van der Waals surface area contributed by atoms with Crippen molar-refractivity contribution in [1.82, 2.24) is 25.0 Å². The smallest absolute Gasteiger partial charge is 0.226 e. The fraction of sp³-hybridized carbons (Fsp3) is 0.273. The number of thioether (sulfide) groups is 1. The second-order valence-corrected chi connectivity index (χ2v) is 9.16. The largest absolute Gasteiger partial charge is 0.424 e. The van der Waals surface area contributed by atoms with Crippen LogP contribution in [0.5, 0.6) is 0 Å². The molecule has 0 radical (unpaired) electrons. The molecule has 4 aromatic rings. The lowest BCUT2D eigenvalue weighted by Crippen LogP contribution is -2.05. The molecule has 0 aliphatic heterocycles. The summed E-state index contributed by atoms with van der Waals surface area (Å²) in [6, 6.07) is 18.6. The molecule has 1 saturated carbocycles. The Balaban J connectivity index is 1.37. The van der Waals surface area contributed by atoms with Crippen LogP contribution in [-0.4, -0.2) is 25.0 Å². The van der Waals surface area contributed by atoms with Crippen LogP contribution < -0.4 is 0 Å². The van der Waals surface area contributed by atoms with Gasteiger partial charge in [0, 0.05) is 22.5 Å². The molecular weight excluding hydrogens is 462 g/mol. The number of rotatable bonds is 8. The molecule has 152 valence electrons. The van der Waals surface area contributed by atoms with Crippen molar-refractivity contribution in [3.63, 3.8) is 0 Å². The van der Waals surface area contributed by atoms with E-state index in [1.165, 1.54) is 5.56 Å². The van der Waals surface area contributed by atoms with Gasteiger partial charge in [0.1, 0.15) is 0 Å². The van der Waals surface area contributed by atoms with Crippen LogP contribution in [0.25, 0.3) is 11.4 Å². The molecule has 0 amide bonds. The fourth-order valence-corrected chi connectivity index (χ4v) is 4.31. The van der Waals surface area contributed by atoms with Crippen LogP contribution in [0.2, 0.25) is 0 Å². The zero-order valence-corrected chi connectivity index (χ0v) is 18.6. The van der Waals surface area contributed by atoms with Crippen molar-refractivity contribution in [2.45, 2.75) is 42.6 Å². The third-order valence-electron chi connectivity index (χ3n) is 5.02. The molecule has 0 N–H and O–H groups in total. The van der Waals surface area contributed by atoms with Crippen LogP contribution in [-0.2, 0) is 18.7 Å². The van der Waals surface area contributed by atoms with Crippen LogP contribution in [0, 0.1) is 0 Å². The van der Waals surface area contributed by atoms with Gasteiger partial charge in [-0.25, -0.2) is 0 Å². The lowest BCUT2D eigenvalue weighted by atomic mass is 10.1. The van der Waals surface area contributed by atoms with Crippen LogP contribution in [0.4, 0.5) is 0 Å². The van der Waals surface area contributed by atoms with Gasteiger partial charge in [0.25, 0.3) is 0 Å². The average Bonchev–Trinajstić information content (AvgIpc) is 3.38. The highest BCUT2D eigenvalue weighted by Crippen LogP contribution is 2.39. The Morgan fingerprint density at radius 2 is 1.77 bits per heavy atom. The molecule has 2 aromatic heterocycles. The molecule has 8 heteroatoms. The highest BCUT2D eigenvalue weighted by molar-refractivity contribution is 9.10. The molecular formula is C22H20BrN5OS. The van der Waals surface area contributed by atoms with Crippen molar-refractivity contribution < 1.29 is 4.42 Å². The van der Waals surface area contributed by atoms with Gasteiger partial charge in [-0.1, -0.05) is 70.2 Å². The molecule has 0 bridgehead atoms. The molecule has 0 spiro atoms. The molecule has 2 heterocycles. The summed E-state index contributed by atoms with van der Waals surface area (Å²) in [5.41, 5.74) is 2.33. The minimum Gasteiger partial charge on any atom is -0.424 e. The van der Waals surface area contributed by atoms with Crippen LogP contribution in [0.1, 0.15) is 36.1 Å². The second-order valence-electron chi connectivity index (χ2n) is 7.30. The maximum atomic E-state index is 5.80. The first-order chi connectivity index (χ1) is 14.8. The Morgan fingerprint density at radius 1 is 0.967 bits per heavy atom. The van der Waals surface area contributed by atoms with Crippen molar-refractivity contribution in [2.24, 2.45) is 0 Å². The Hall–Kier alpha value is -2.45. The van der Waals surface area contributed by atoms with Gasteiger partial charge in [-0.05, 0) is 37.0 Å². The molecule has 0 saturated heterocycles. The molecule has 0 atom stereocenters. The number of halogens is 1. The molecule has 1 fully saturated rings. The molecule has 0 unspecified atom stereocenters. The number of hydrogen-bond acceptors (Lipinski definition) is 6. The van der Waals surface area contributed by atoms with Crippen molar-refractivity contribution in [3.8, 4) is 11.4 Å². The quantitative estimate of drug-likeness (QED) is 0.309. The van der Waals surface area contributed by atoms with E-state index in [1.807, 2.05) is 18.2 Å². The van der Waals surface area contributed by atoms with E-state index in [4.69, 9.17) is 4.42 Å². The number of aromatic nitrogens is 5. The molecule has 1 aliphatic rings. The summed E-state index contributed by atoms with van der Waals surface area (Å²) in [4.78, 5) is 0. The Bertz CT molecular complexity index is 1120. The zero-order chi connectivity index (χ0) is 20.3. The minimum absolute atomic E-state index is 0.467. The van der Waals surface area contributed by atoms with E-state index in [0.29, 0.717) is 17.6 Å². The molecule has 5 rings (SSSR count). The standard InChI is InChI=1S/C22H20BrN5OS/c23-18-10-8-16(9-11-18)20-25-27-22(28(20)13-12-15-4-2-1-3-5-15)30-14-19-24-26-21(29-19)17-6-7-17/h1-5,8-11,17H,6-7,12-14H2. The Labute approximate surface area is 187 Å². The lowest BCUT2D eigenvalue weighted by Gasteiger charge is -2.10. The van der Waals surface area contributed by atoms with Crippen molar-refractivity contribution >= 4 is 27.7 Å². The summed E-state index contributed by atoms with van der Waals surface area (Å²) in [6.45, 7) is 0.794. The molecule has 2 aromatic carbocycles. The highest BCUT2D eigenvalue weighted by Gasteiger charge is 2.29. The van der Waals surface area contributed by atoms with Crippen LogP contribution >= 0.6 is 27.7 Å². The first-order valence-corrected chi connectivity index (χ1v) is 11.7. The average molecular weight is 482 g/mol. The Morgan fingerprint density at radius 3 is 2.53 bits per heavy atom. The van der Waals surface area contributed by atoms with Gasteiger partial charge in [0.2, 0.25) is 11.8 Å². The highest BCUT2D eigenvalue weighted by atomic mass is 79.9. The van der Waals surface area contributed by atoms with Crippen molar-refractivity contribution in [1.29, 1.82) is 0 Å². The number of hydrogen-bond donors (Lipinski definition) is 0. The summed E-state index contributed by atoms with van der Waals surface area (Å²) in [7, 11) is 0. The van der Waals surface area contributed by atoms with E-state index >= 15 is 0 Å². The summed E-state index contributed by atoms with van der Waals surface area (Å²) < 4.78 is 9.02. The maximum Gasteiger partial charge on any atom is 0.226 e. The predicted molar refractivity (Wildman–Crippen MR) is 119 cm³/mol. The van der Waals surface area contributed by atoms with Crippen molar-refractivity contribution in [2.75, 3.05) is 0 Å².